The summed E-state index contributed by atoms with van der Waals surface area (Å²) in [7, 11) is 0. The molecule has 5 fully saturated rings. The predicted molar refractivity (Wildman–Crippen MR) is 171 cm³/mol. The highest BCUT2D eigenvalue weighted by atomic mass is 16.7. The molecule has 10 heteroatoms. The Morgan fingerprint density at radius 2 is 1.48 bits per heavy atom. The highest BCUT2D eigenvalue weighted by Crippen LogP contribution is 2.76. The molecule has 268 valence electrons. The van der Waals surface area contributed by atoms with Gasteiger partial charge in [-0.1, -0.05) is 34.6 Å². The van der Waals surface area contributed by atoms with Gasteiger partial charge in [0.15, 0.2) is 6.29 Å². The van der Waals surface area contributed by atoms with Gasteiger partial charge in [0.2, 0.25) is 0 Å². The smallest absolute Gasteiger partial charge is 0.186 e. The van der Waals surface area contributed by atoms with Crippen LogP contribution in [0.25, 0.3) is 0 Å². The Hall–Kier alpha value is -0.400. The van der Waals surface area contributed by atoms with Crippen molar-refractivity contribution in [2.45, 2.75) is 173 Å². The highest BCUT2D eigenvalue weighted by molar-refractivity contribution is 5.22. The van der Waals surface area contributed by atoms with Crippen molar-refractivity contribution in [2.75, 3.05) is 6.61 Å². The summed E-state index contributed by atoms with van der Waals surface area (Å²) in [5, 5.41) is 87.5. The minimum absolute atomic E-state index is 0.0987. The number of rotatable bonds is 8. The monoisotopic (exact) mass is 656 g/mol. The molecule has 0 amide bonds. The van der Waals surface area contributed by atoms with Crippen LogP contribution in [0.1, 0.15) is 113 Å². The Kier molecular flexibility index (Phi) is 9.72. The third kappa shape index (κ3) is 5.72. The van der Waals surface area contributed by atoms with E-state index in [0.717, 1.165) is 19.3 Å². The van der Waals surface area contributed by atoms with Gasteiger partial charge in [0, 0.05) is 0 Å². The summed E-state index contributed by atoms with van der Waals surface area (Å²) in [6.07, 6.45) is -2.73. The Labute approximate surface area is 275 Å². The van der Waals surface area contributed by atoms with Crippen LogP contribution < -0.4 is 0 Å². The van der Waals surface area contributed by atoms with Crippen LogP contribution in [0.2, 0.25) is 0 Å². The minimum atomic E-state index is -1.56. The average molecular weight is 657 g/mol. The number of hydrogen-bond acceptors (Lipinski definition) is 10. The van der Waals surface area contributed by atoms with Gasteiger partial charge in [-0.3, -0.25) is 0 Å². The van der Waals surface area contributed by atoms with E-state index in [4.69, 9.17) is 9.47 Å². The van der Waals surface area contributed by atoms with Gasteiger partial charge >= 0.3 is 0 Å². The van der Waals surface area contributed by atoms with Crippen molar-refractivity contribution in [3.05, 3.63) is 0 Å². The van der Waals surface area contributed by atoms with Crippen molar-refractivity contribution >= 4 is 0 Å². The Morgan fingerprint density at radius 3 is 2.09 bits per heavy atom. The average Bonchev–Trinajstić information content (AvgIpc) is 3.32. The Bertz CT molecular complexity index is 1090. The van der Waals surface area contributed by atoms with E-state index in [0.29, 0.717) is 38.5 Å². The van der Waals surface area contributed by atoms with Crippen molar-refractivity contribution in [3.8, 4) is 0 Å². The summed E-state index contributed by atoms with van der Waals surface area (Å²) in [6, 6.07) is 0. The molecule has 0 aromatic rings. The van der Waals surface area contributed by atoms with E-state index >= 15 is 0 Å². The number of ether oxygens (including phenoxy) is 2. The van der Waals surface area contributed by atoms with Crippen molar-refractivity contribution in [1.82, 2.24) is 0 Å². The molecule has 16 atom stereocenters. The molecule has 5 aliphatic rings. The van der Waals surface area contributed by atoms with Gasteiger partial charge in [0.1, 0.15) is 24.4 Å². The lowest BCUT2D eigenvalue weighted by molar-refractivity contribution is -0.346. The lowest BCUT2D eigenvalue weighted by atomic mass is 9.34. The van der Waals surface area contributed by atoms with E-state index in [1.165, 1.54) is 0 Å². The SMILES string of the molecule is CC(C)(O)CCCC(C)(O)[C@H]1CC[C@]2(C)[C@@H]1[C@H](O)C[C@@H]1[C@@]3(C)CC[C@H](O)C(C)(C)[C@@H]3[C@@H](O[C@@H]3O[C@H](CO)[C@@H](O)[C@H](O)[C@H]3O)C[C@]12C. The molecule has 0 aromatic carbocycles. The van der Waals surface area contributed by atoms with Gasteiger partial charge in [0.05, 0.1) is 36.1 Å². The van der Waals surface area contributed by atoms with Crippen LogP contribution in [0.4, 0.5) is 0 Å². The first-order valence-corrected chi connectivity index (χ1v) is 17.8. The molecule has 0 bridgehead atoms. The molecular formula is C36H64O10. The van der Waals surface area contributed by atoms with Crippen molar-refractivity contribution in [3.63, 3.8) is 0 Å². The lowest BCUT2D eigenvalue weighted by Crippen LogP contribution is -2.71. The van der Waals surface area contributed by atoms with Crippen molar-refractivity contribution in [1.29, 1.82) is 0 Å². The fourth-order valence-corrected chi connectivity index (χ4v) is 12.1. The van der Waals surface area contributed by atoms with Gasteiger partial charge in [0.25, 0.3) is 0 Å². The topological polar surface area (TPSA) is 180 Å². The van der Waals surface area contributed by atoms with Gasteiger partial charge in [-0.2, -0.15) is 0 Å². The van der Waals surface area contributed by atoms with E-state index in [1.54, 1.807) is 13.8 Å². The van der Waals surface area contributed by atoms with Crippen LogP contribution in [0.5, 0.6) is 0 Å². The second-order valence-electron chi connectivity index (χ2n) is 18.3. The van der Waals surface area contributed by atoms with Crippen LogP contribution in [0.3, 0.4) is 0 Å². The molecule has 0 spiro atoms. The quantitative estimate of drug-likeness (QED) is 0.181. The van der Waals surface area contributed by atoms with Crippen molar-refractivity contribution < 1.29 is 50.3 Å². The van der Waals surface area contributed by atoms with E-state index in [1.807, 2.05) is 6.92 Å². The number of fused-ring (bicyclic) bond motifs is 5. The molecule has 0 radical (unpaired) electrons. The number of hydrogen-bond donors (Lipinski definition) is 8. The van der Waals surface area contributed by atoms with E-state index in [-0.39, 0.29) is 39.9 Å². The first-order valence-electron chi connectivity index (χ1n) is 17.8. The molecule has 4 saturated carbocycles. The van der Waals surface area contributed by atoms with Crippen LogP contribution in [0, 0.1) is 45.3 Å². The zero-order valence-corrected chi connectivity index (χ0v) is 29.4. The largest absolute Gasteiger partial charge is 0.394 e. The third-order valence-corrected chi connectivity index (χ3v) is 14.7. The second-order valence-corrected chi connectivity index (χ2v) is 18.3. The Balaban J connectivity index is 1.52. The minimum Gasteiger partial charge on any atom is -0.394 e. The summed E-state index contributed by atoms with van der Waals surface area (Å²) in [5.74, 6) is -0.349. The third-order valence-electron chi connectivity index (χ3n) is 14.7. The van der Waals surface area contributed by atoms with E-state index < -0.39 is 72.2 Å². The fourth-order valence-electron chi connectivity index (χ4n) is 12.1. The highest BCUT2D eigenvalue weighted by Gasteiger charge is 2.73. The zero-order chi connectivity index (χ0) is 34.4. The molecule has 0 aromatic heterocycles. The van der Waals surface area contributed by atoms with Gasteiger partial charge < -0.3 is 50.3 Å². The molecule has 1 aliphatic heterocycles. The molecule has 8 N–H and O–H groups in total. The van der Waals surface area contributed by atoms with Crippen LogP contribution in [-0.2, 0) is 9.47 Å². The molecule has 5 rings (SSSR count). The first kappa shape index (κ1) is 36.9. The number of aliphatic hydroxyl groups excluding tert-OH is 6. The Morgan fingerprint density at radius 1 is 0.826 bits per heavy atom. The molecular weight excluding hydrogens is 592 g/mol. The maximum absolute atomic E-state index is 12.1. The van der Waals surface area contributed by atoms with Gasteiger partial charge in [-0.05, 0) is 124 Å². The first-order chi connectivity index (χ1) is 21.0. The fraction of sp³-hybridized carbons (Fsp3) is 1.00. The maximum Gasteiger partial charge on any atom is 0.186 e. The predicted octanol–water partition coefficient (Wildman–Crippen LogP) is 2.49. The zero-order valence-electron chi connectivity index (χ0n) is 29.4. The second kappa shape index (κ2) is 12.1. The van der Waals surface area contributed by atoms with Crippen LogP contribution in [-0.4, -0.2) is 108 Å². The summed E-state index contributed by atoms with van der Waals surface area (Å²) in [4.78, 5) is 0. The summed E-state index contributed by atoms with van der Waals surface area (Å²) >= 11 is 0. The van der Waals surface area contributed by atoms with Crippen LogP contribution in [0.15, 0.2) is 0 Å². The summed E-state index contributed by atoms with van der Waals surface area (Å²) < 4.78 is 12.6. The molecule has 1 unspecified atom stereocenters. The van der Waals surface area contributed by atoms with Gasteiger partial charge in [-0.25, -0.2) is 0 Å². The lowest BCUT2D eigenvalue weighted by Gasteiger charge is -2.72. The van der Waals surface area contributed by atoms with Crippen molar-refractivity contribution in [2.24, 2.45) is 45.3 Å². The molecule has 46 heavy (non-hydrogen) atoms. The van der Waals surface area contributed by atoms with Gasteiger partial charge in [-0.15, -0.1) is 0 Å². The van der Waals surface area contributed by atoms with E-state index in [9.17, 15) is 40.9 Å². The standard InChI is InChI=1S/C36H64O10/c1-31(2,43)12-9-13-36(8,44)19-10-15-34(6)25(19)20(38)16-23-33(5)14-11-24(39)32(3,4)29(33)21(17-35(23,34)7)45-30-28(42)27(41)26(40)22(18-37)46-30/h19-30,37-44H,9-18H2,1-8H3/t19-,20+,21-,22+,23+,24-,25-,26+,27-,28+,29-,30+,33+,34+,35+,36?/m0/s1. The van der Waals surface area contributed by atoms with Crippen LogP contribution >= 0.6 is 0 Å². The maximum atomic E-state index is 12.1. The van der Waals surface area contributed by atoms with E-state index in [2.05, 4.69) is 34.6 Å². The molecule has 1 saturated heterocycles. The normalized spacial score (nSPS) is 51.9. The summed E-state index contributed by atoms with van der Waals surface area (Å²) in [6.45, 7) is 15.9. The molecule has 10 nitrogen and oxygen atoms in total. The summed E-state index contributed by atoms with van der Waals surface area (Å²) in [5.41, 5.74) is -3.45. The molecule has 4 aliphatic carbocycles. The molecule has 1 heterocycles. The number of aliphatic hydroxyl groups is 8.